The van der Waals surface area contributed by atoms with Crippen LogP contribution in [0.3, 0.4) is 0 Å². The molecule has 0 aromatic heterocycles. The number of hydrogen-bond donors (Lipinski definition) is 0. The fraction of sp³-hybridized carbons (Fsp3) is 0. The second-order valence-corrected chi connectivity index (χ2v) is 22.2. The first-order valence-corrected chi connectivity index (χ1v) is 27.8. The monoisotopic (exact) mass is 1030 g/mol. The predicted octanol–water partition coefficient (Wildman–Crippen LogP) is 11.1. The van der Waals surface area contributed by atoms with E-state index in [2.05, 4.69) is 232 Å². The first kappa shape index (κ1) is 41.8. The van der Waals surface area contributed by atoms with Gasteiger partial charge in [0, 0.05) is 117 Å². The molecule has 0 saturated heterocycles. The Balaban J connectivity index is 0.945. The summed E-state index contributed by atoms with van der Waals surface area (Å²) in [7, 11) is -3.25. The second-order valence-electron chi connectivity index (χ2n) is 22.2. The van der Waals surface area contributed by atoms with Crippen LogP contribution in [0.25, 0.3) is 66.8 Å². The molecule has 0 radical (unpaired) electrons. The van der Waals surface area contributed by atoms with E-state index in [9.17, 15) is 0 Å². The molecule has 11 aromatic carbocycles. The van der Waals surface area contributed by atoms with Gasteiger partial charge < -0.3 is 47.2 Å². The molecule has 0 fully saturated rings. The maximum Gasteiger partial charge on any atom is 0.634 e. The summed E-state index contributed by atoms with van der Waals surface area (Å²) in [6.45, 7) is 0. The highest BCUT2D eigenvalue weighted by molar-refractivity contribution is 6.87. The molecule has 10 aliphatic rings. The van der Waals surface area contributed by atoms with Gasteiger partial charge in [-0.3, -0.25) is 0 Å². The summed E-state index contributed by atoms with van der Waals surface area (Å²) in [5.74, 6) is 4.59. The number of hydrogen-bond acceptors (Lipinski definition) is 10. The fourth-order valence-electron chi connectivity index (χ4n) is 15.6. The second kappa shape index (κ2) is 14.5. The van der Waals surface area contributed by atoms with Crippen LogP contribution in [0.15, 0.2) is 212 Å². The Kier molecular flexibility index (Phi) is 7.48. The molecule has 0 bridgehead atoms. The van der Waals surface area contributed by atoms with Crippen molar-refractivity contribution in [3.05, 3.63) is 212 Å². The number of rotatable bonds is 4. The van der Waals surface area contributed by atoms with Crippen LogP contribution < -0.4 is 74.5 Å². The van der Waals surface area contributed by atoms with E-state index < -0.39 is 35.3 Å². The summed E-state index contributed by atoms with van der Waals surface area (Å²) in [5.41, 5.74) is 25.6. The van der Waals surface area contributed by atoms with Crippen molar-refractivity contribution in [2.75, 3.05) is 19.2 Å². The van der Waals surface area contributed by atoms with E-state index in [4.69, 9.17) is 27.9 Å². The number of benzene rings is 11. The van der Waals surface area contributed by atoms with Crippen LogP contribution in [0.5, 0.6) is 34.5 Å². The van der Waals surface area contributed by atoms with Gasteiger partial charge in [-0.15, -0.1) is 0 Å². The minimum absolute atomic E-state index is 0.558. The highest BCUT2D eigenvalue weighted by Gasteiger charge is 2.63. The zero-order valence-electron chi connectivity index (χ0n) is 42.8. The summed E-state index contributed by atoms with van der Waals surface area (Å²) >= 11 is 0. The predicted molar refractivity (Wildman–Crippen MR) is 324 cm³/mol. The molecule has 21 rings (SSSR count). The third kappa shape index (κ3) is 4.89. The van der Waals surface area contributed by atoms with Crippen molar-refractivity contribution in [1.82, 2.24) is 0 Å². The summed E-state index contributed by atoms with van der Waals surface area (Å²) in [5, 5.41) is 0. The van der Waals surface area contributed by atoms with Crippen LogP contribution in [0.4, 0.5) is 45.5 Å². The zero-order valence-corrected chi connectivity index (χ0v) is 42.8. The Morgan fingerprint density at radius 2 is 0.556 bits per heavy atom. The molecule has 10 heterocycles. The number of anilines is 8. The van der Waals surface area contributed by atoms with Crippen molar-refractivity contribution in [2.24, 2.45) is 0 Å². The number of para-hydroxylation sites is 6. The molecular formula is C66H35B5N4O6. The van der Waals surface area contributed by atoms with Crippen LogP contribution in [0.1, 0.15) is 0 Å². The molecular weight excluding hydrogens is 999 g/mol. The largest absolute Gasteiger partial charge is 0.634 e. The van der Waals surface area contributed by atoms with Gasteiger partial charge in [0.1, 0.15) is 34.5 Å². The first-order chi connectivity index (χ1) is 40.2. The van der Waals surface area contributed by atoms with Gasteiger partial charge in [0.2, 0.25) is 0 Å². The van der Waals surface area contributed by atoms with E-state index in [1.54, 1.807) is 0 Å². The van der Waals surface area contributed by atoms with Crippen molar-refractivity contribution in [3.63, 3.8) is 0 Å². The van der Waals surface area contributed by atoms with Crippen LogP contribution in [0, 0.1) is 0 Å². The summed E-state index contributed by atoms with van der Waals surface area (Å²) < 4.78 is 45.9. The molecule has 370 valence electrons. The van der Waals surface area contributed by atoms with Gasteiger partial charge in [-0.1, -0.05) is 121 Å². The molecule has 81 heavy (non-hydrogen) atoms. The molecule has 10 nitrogen and oxygen atoms in total. The van der Waals surface area contributed by atoms with E-state index in [1.165, 1.54) is 0 Å². The smallest absolute Gasteiger partial charge is 0.537 e. The summed E-state index contributed by atoms with van der Waals surface area (Å²) in [6.07, 6.45) is 0. The normalized spacial score (nSPS) is 15.5. The van der Waals surface area contributed by atoms with E-state index in [0.29, 0.717) is 0 Å². The van der Waals surface area contributed by atoms with Gasteiger partial charge in [0.15, 0.2) is 0 Å². The molecule has 15 heteroatoms. The molecule has 10 aliphatic heterocycles. The lowest BCUT2D eigenvalue weighted by molar-refractivity contribution is 0.437. The van der Waals surface area contributed by atoms with Crippen LogP contribution in [0.2, 0.25) is 0 Å². The molecule has 11 aromatic rings. The first-order valence-electron chi connectivity index (χ1n) is 27.8. The van der Waals surface area contributed by atoms with E-state index in [1.807, 2.05) is 0 Å². The lowest BCUT2D eigenvalue weighted by Gasteiger charge is -2.52. The van der Waals surface area contributed by atoms with Crippen LogP contribution >= 0.6 is 0 Å². The Labute approximate surface area is 466 Å². The molecule has 0 amide bonds. The maximum atomic E-state index is 7.99. The Bertz CT molecular complexity index is 4460. The summed E-state index contributed by atoms with van der Waals surface area (Å²) in [4.78, 5) is 9.54. The van der Waals surface area contributed by atoms with Gasteiger partial charge >= 0.3 is 35.3 Å². The van der Waals surface area contributed by atoms with Gasteiger partial charge in [-0.25, -0.2) is 0 Å². The molecule has 0 saturated carbocycles. The van der Waals surface area contributed by atoms with Crippen LogP contribution in [-0.4, -0.2) is 35.3 Å². The van der Waals surface area contributed by atoms with Gasteiger partial charge in [-0.05, 0) is 102 Å². The minimum atomic E-state index is -0.913. The van der Waals surface area contributed by atoms with Crippen LogP contribution in [-0.2, 0) is 0 Å². The van der Waals surface area contributed by atoms with E-state index in [-0.39, 0.29) is 0 Å². The van der Waals surface area contributed by atoms with Gasteiger partial charge in [-0.2, -0.15) is 0 Å². The van der Waals surface area contributed by atoms with Gasteiger partial charge in [0.05, 0.1) is 11.1 Å². The quantitative estimate of drug-likeness (QED) is 0.159. The molecule has 0 unspecified atom stereocenters. The highest BCUT2D eigenvalue weighted by atomic mass is 16.6. The molecule has 0 spiro atoms. The average molecular weight is 1030 g/mol. The average Bonchev–Trinajstić information content (AvgIpc) is 2.87. The molecule has 0 atom stereocenters. The van der Waals surface area contributed by atoms with Crippen molar-refractivity contribution in [1.29, 1.82) is 0 Å². The minimum Gasteiger partial charge on any atom is -0.537 e. The van der Waals surface area contributed by atoms with Crippen molar-refractivity contribution < 1.29 is 27.9 Å². The standard InChI is InChI=1S/C66H35B5N4O6/c1-5-19-36(20-6-1)72-42-29-15-13-27-40(42)50-60-56-54-46(76-67(60)72)31-17-33-48(54)78-69-62(56)58-52-44(74(69)38-23-9-3-10-24-38)35-45-53-59-63-57-55-47(32-18-34-49(55)79-70(63)75(45)39-25-11-4-12-26-39)77-68-61(57)51(66(59)81-71(64(52)53)80-65(50)58)41-28-14-16-30-43(41)73(68)37-21-7-2-8-22-37/h1-35H. The number of nitrogens with zero attached hydrogens (tertiary/aromatic N) is 4. The number of fused-ring (bicyclic) bond motifs is 6. The topological polar surface area (TPSA) is 68.3 Å². The highest BCUT2D eigenvalue weighted by Crippen LogP contribution is 2.63. The van der Waals surface area contributed by atoms with Crippen molar-refractivity contribution in [2.45, 2.75) is 0 Å². The third-order valence-corrected chi connectivity index (χ3v) is 18.5. The Hall–Kier alpha value is -10.3. The van der Waals surface area contributed by atoms with E-state index >= 15 is 0 Å². The maximum absolute atomic E-state index is 7.99. The molecule has 0 N–H and O–H groups in total. The zero-order chi connectivity index (χ0) is 52.1. The lowest BCUT2D eigenvalue weighted by Crippen LogP contribution is -2.66. The Morgan fingerprint density at radius 1 is 0.235 bits per heavy atom. The van der Waals surface area contributed by atoms with Crippen molar-refractivity contribution in [3.8, 4) is 101 Å². The molecule has 0 aliphatic carbocycles. The summed E-state index contributed by atoms with van der Waals surface area (Å²) in [6, 6.07) is 74.9. The SMILES string of the molecule is c1ccc(N2B3Oc4cccc5c4-c4c3c(c3c6c4B(O5)N(c4ccccc4)c4cc5c7c(c4-6)B(O3)Oc3c4c6c8c(c3-7)B(Oc3cccc(c3-8)OB6N(c3ccccc3)c3ccccc3-4)N5c3ccccc3)-c3ccccc32)cc1. The van der Waals surface area contributed by atoms with E-state index in [0.717, 1.165) is 174 Å². The Morgan fingerprint density at radius 3 is 0.926 bits per heavy atom. The lowest BCUT2D eigenvalue weighted by atomic mass is 9.47. The fourth-order valence-corrected chi connectivity index (χ4v) is 15.6. The van der Waals surface area contributed by atoms with Gasteiger partial charge in [0.25, 0.3) is 0 Å². The third-order valence-electron chi connectivity index (χ3n) is 18.5. The van der Waals surface area contributed by atoms with Crippen molar-refractivity contribution >= 4 is 108 Å².